The molecular formula is C11H11F3N4. The van der Waals surface area contributed by atoms with Crippen LogP contribution in [0.1, 0.15) is 5.56 Å². The van der Waals surface area contributed by atoms with Gasteiger partial charge in [0.1, 0.15) is 11.4 Å². The molecule has 7 heteroatoms. The first-order chi connectivity index (χ1) is 8.33. The molecule has 1 aromatic rings. The molecule has 1 atom stereocenters. The molecule has 96 valence electrons. The molecule has 0 saturated heterocycles. The summed E-state index contributed by atoms with van der Waals surface area (Å²) in [7, 11) is 0. The van der Waals surface area contributed by atoms with Crippen LogP contribution in [0.2, 0.25) is 0 Å². The van der Waals surface area contributed by atoms with Gasteiger partial charge in [-0.25, -0.2) is 4.99 Å². The molecule has 1 aliphatic heterocycles. The average Bonchev–Trinajstić information content (AvgIpc) is 2.28. The van der Waals surface area contributed by atoms with Crippen molar-refractivity contribution in [1.82, 2.24) is 5.32 Å². The lowest BCUT2D eigenvalue weighted by Gasteiger charge is -2.31. The molecule has 0 spiro atoms. The zero-order chi connectivity index (χ0) is 13.4. The largest absolute Gasteiger partial charge is 0.421 e. The van der Waals surface area contributed by atoms with Crippen molar-refractivity contribution >= 4 is 5.84 Å². The second-order valence-corrected chi connectivity index (χ2v) is 3.83. The summed E-state index contributed by atoms with van der Waals surface area (Å²) in [5.74, 6) is -2.10. The molecule has 5 N–H and O–H groups in total. The number of hydrogen-bond acceptors (Lipinski definition) is 4. The first-order valence-corrected chi connectivity index (χ1v) is 5.08. The molecule has 1 aromatic carbocycles. The summed E-state index contributed by atoms with van der Waals surface area (Å²) in [6, 6.07) is 8.48. The molecule has 2 rings (SSSR count). The molecule has 18 heavy (non-hydrogen) atoms. The van der Waals surface area contributed by atoms with Crippen LogP contribution in [0.5, 0.6) is 0 Å². The van der Waals surface area contributed by atoms with E-state index in [2.05, 4.69) is 10.3 Å². The average molecular weight is 256 g/mol. The van der Waals surface area contributed by atoms with E-state index >= 15 is 0 Å². The number of aliphatic imine (C=N–C) groups is 1. The summed E-state index contributed by atoms with van der Waals surface area (Å²) in [4.78, 5) is 3.71. The van der Waals surface area contributed by atoms with Crippen LogP contribution >= 0.6 is 0 Å². The Labute approximate surface area is 101 Å². The van der Waals surface area contributed by atoms with E-state index in [4.69, 9.17) is 11.5 Å². The lowest BCUT2D eigenvalue weighted by atomic mass is 10.1. The second kappa shape index (κ2) is 4.02. The highest BCUT2D eigenvalue weighted by Gasteiger charge is 2.41. The number of rotatable bonds is 1. The SMILES string of the molecule is NC1=NC(N)(c2ccccc2)NC=C1C(F)(F)F. The highest BCUT2D eigenvalue weighted by atomic mass is 19.4. The summed E-state index contributed by atoms with van der Waals surface area (Å²) in [6.07, 6.45) is -3.81. The van der Waals surface area contributed by atoms with Crippen molar-refractivity contribution in [2.75, 3.05) is 0 Å². The smallest absolute Gasteiger partial charge is 0.383 e. The zero-order valence-corrected chi connectivity index (χ0v) is 9.20. The summed E-state index contributed by atoms with van der Waals surface area (Å²) < 4.78 is 37.6. The Morgan fingerprint density at radius 2 is 1.78 bits per heavy atom. The van der Waals surface area contributed by atoms with Crippen LogP contribution in [0.4, 0.5) is 13.2 Å². The third kappa shape index (κ3) is 2.17. The Hall–Kier alpha value is -2.02. The van der Waals surface area contributed by atoms with E-state index in [1.165, 1.54) is 0 Å². The molecule has 0 saturated carbocycles. The predicted molar refractivity (Wildman–Crippen MR) is 61.2 cm³/mol. The van der Waals surface area contributed by atoms with Crippen molar-refractivity contribution in [2.24, 2.45) is 16.5 Å². The highest BCUT2D eigenvalue weighted by Crippen LogP contribution is 2.29. The van der Waals surface area contributed by atoms with Gasteiger partial charge in [-0.1, -0.05) is 30.3 Å². The van der Waals surface area contributed by atoms with Crippen LogP contribution in [0.15, 0.2) is 47.1 Å². The second-order valence-electron chi connectivity index (χ2n) is 3.83. The molecule has 0 aliphatic carbocycles. The molecule has 0 bridgehead atoms. The maximum Gasteiger partial charge on any atom is 0.421 e. The van der Waals surface area contributed by atoms with Crippen LogP contribution in [0.25, 0.3) is 0 Å². The number of nitrogens with zero attached hydrogens (tertiary/aromatic N) is 1. The maximum atomic E-state index is 12.5. The fraction of sp³-hybridized carbons (Fsp3) is 0.182. The third-order valence-electron chi connectivity index (χ3n) is 2.53. The van der Waals surface area contributed by atoms with Crippen molar-refractivity contribution in [3.05, 3.63) is 47.7 Å². The summed E-state index contributed by atoms with van der Waals surface area (Å²) >= 11 is 0. The molecule has 0 fully saturated rings. The molecule has 1 unspecified atom stereocenters. The summed E-state index contributed by atoms with van der Waals surface area (Å²) in [5.41, 5.74) is 10.7. The van der Waals surface area contributed by atoms with Crippen LogP contribution < -0.4 is 16.8 Å². The van der Waals surface area contributed by atoms with E-state index < -0.39 is 23.4 Å². The van der Waals surface area contributed by atoms with Gasteiger partial charge in [-0.15, -0.1) is 0 Å². The van der Waals surface area contributed by atoms with Crippen molar-refractivity contribution in [1.29, 1.82) is 0 Å². The van der Waals surface area contributed by atoms with Gasteiger partial charge < -0.3 is 11.1 Å². The molecule has 0 amide bonds. The van der Waals surface area contributed by atoms with Crippen molar-refractivity contribution in [3.8, 4) is 0 Å². The van der Waals surface area contributed by atoms with Gasteiger partial charge in [0, 0.05) is 11.8 Å². The Bertz CT molecular complexity index is 507. The van der Waals surface area contributed by atoms with Crippen LogP contribution in [-0.2, 0) is 5.79 Å². The Balaban J connectivity index is 2.36. The Morgan fingerprint density at radius 3 is 2.28 bits per heavy atom. The normalized spacial score (nSPS) is 24.0. The number of hydrogen-bond donors (Lipinski definition) is 3. The van der Waals surface area contributed by atoms with Gasteiger partial charge in [-0.2, -0.15) is 13.2 Å². The topological polar surface area (TPSA) is 76.4 Å². The molecule has 1 aliphatic rings. The monoisotopic (exact) mass is 256 g/mol. The van der Waals surface area contributed by atoms with Crippen molar-refractivity contribution in [2.45, 2.75) is 12.0 Å². The number of alkyl halides is 3. The van der Waals surface area contributed by atoms with Gasteiger partial charge in [-0.05, 0) is 0 Å². The zero-order valence-electron chi connectivity index (χ0n) is 9.20. The van der Waals surface area contributed by atoms with Crippen molar-refractivity contribution in [3.63, 3.8) is 0 Å². The minimum absolute atomic E-state index is 0.519. The molecular weight excluding hydrogens is 245 g/mol. The van der Waals surface area contributed by atoms with Gasteiger partial charge in [0.2, 0.25) is 5.79 Å². The predicted octanol–water partition coefficient (Wildman–Crippen LogP) is 1.16. The Morgan fingerprint density at radius 1 is 1.17 bits per heavy atom. The number of nitrogens with two attached hydrogens (primary N) is 2. The first-order valence-electron chi connectivity index (χ1n) is 5.08. The van der Waals surface area contributed by atoms with Gasteiger partial charge in [-0.3, -0.25) is 5.73 Å². The van der Waals surface area contributed by atoms with E-state index in [1.54, 1.807) is 30.3 Å². The van der Waals surface area contributed by atoms with Gasteiger partial charge in [0.25, 0.3) is 0 Å². The van der Waals surface area contributed by atoms with E-state index in [0.717, 1.165) is 6.20 Å². The van der Waals surface area contributed by atoms with E-state index in [-0.39, 0.29) is 0 Å². The van der Waals surface area contributed by atoms with Gasteiger partial charge in [0.15, 0.2) is 0 Å². The first kappa shape index (κ1) is 12.4. The number of nitrogens with one attached hydrogen (secondary N) is 1. The van der Waals surface area contributed by atoms with Crippen LogP contribution in [0.3, 0.4) is 0 Å². The van der Waals surface area contributed by atoms with Crippen molar-refractivity contribution < 1.29 is 13.2 Å². The van der Waals surface area contributed by atoms with Gasteiger partial charge in [0.05, 0.1) is 0 Å². The number of benzene rings is 1. The lowest BCUT2D eigenvalue weighted by molar-refractivity contribution is -0.0870. The summed E-state index contributed by atoms with van der Waals surface area (Å²) in [5, 5.41) is 2.43. The Kier molecular flexibility index (Phi) is 2.78. The van der Waals surface area contributed by atoms with Crippen LogP contribution in [0, 0.1) is 0 Å². The molecule has 1 heterocycles. The molecule has 4 nitrogen and oxygen atoms in total. The third-order valence-corrected chi connectivity index (χ3v) is 2.53. The fourth-order valence-electron chi connectivity index (χ4n) is 1.61. The van der Waals surface area contributed by atoms with E-state index in [0.29, 0.717) is 5.56 Å². The molecule has 0 aromatic heterocycles. The number of amidine groups is 1. The highest BCUT2D eigenvalue weighted by molar-refractivity contribution is 5.99. The minimum Gasteiger partial charge on any atom is -0.383 e. The summed E-state index contributed by atoms with van der Waals surface area (Å²) in [6.45, 7) is 0. The van der Waals surface area contributed by atoms with Crippen LogP contribution in [-0.4, -0.2) is 12.0 Å². The number of halogens is 3. The molecule has 0 radical (unpaired) electrons. The maximum absolute atomic E-state index is 12.5. The minimum atomic E-state index is -4.56. The lowest BCUT2D eigenvalue weighted by Crippen LogP contribution is -2.51. The standard InChI is InChI=1S/C11H11F3N4/c12-10(13,14)8-6-17-11(16,18-9(8)15)7-4-2-1-3-5-7/h1-6,17H,16H2,(H2,15,18). The van der Waals surface area contributed by atoms with E-state index in [1.807, 2.05) is 0 Å². The fourth-order valence-corrected chi connectivity index (χ4v) is 1.61. The quantitative estimate of drug-likeness (QED) is 0.705. The van der Waals surface area contributed by atoms with Gasteiger partial charge >= 0.3 is 6.18 Å². The van der Waals surface area contributed by atoms with E-state index in [9.17, 15) is 13.2 Å².